The standard InChI is InChI=1S/C23H24N2O3S/c1-16-6-5-7-18(14-16)15-17(2)23(26)25-20-12-10-19(11-13-20)21-8-3-4-9-22(21)29(24,27)28/h3-14,17H,15H2,1-2H3,(H,25,26)(H2,24,27,28). The zero-order valence-electron chi connectivity index (χ0n) is 16.4. The van der Waals surface area contributed by atoms with Gasteiger partial charge in [0.25, 0.3) is 0 Å². The van der Waals surface area contributed by atoms with Crippen LogP contribution in [0.2, 0.25) is 0 Å². The lowest BCUT2D eigenvalue weighted by Crippen LogP contribution is -2.22. The summed E-state index contributed by atoms with van der Waals surface area (Å²) in [4.78, 5) is 12.6. The minimum absolute atomic E-state index is 0.0656. The van der Waals surface area contributed by atoms with Crippen molar-refractivity contribution in [1.29, 1.82) is 0 Å². The second-order valence-electron chi connectivity index (χ2n) is 7.20. The van der Waals surface area contributed by atoms with E-state index in [-0.39, 0.29) is 16.7 Å². The van der Waals surface area contributed by atoms with Crippen LogP contribution in [0.25, 0.3) is 11.1 Å². The quantitative estimate of drug-likeness (QED) is 0.643. The number of sulfonamides is 1. The summed E-state index contributed by atoms with van der Waals surface area (Å²) >= 11 is 0. The highest BCUT2D eigenvalue weighted by Gasteiger charge is 2.16. The van der Waals surface area contributed by atoms with Crippen LogP contribution in [0.1, 0.15) is 18.1 Å². The van der Waals surface area contributed by atoms with Crippen molar-refractivity contribution >= 4 is 21.6 Å². The van der Waals surface area contributed by atoms with E-state index in [1.807, 2.05) is 32.0 Å². The maximum atomic E-state index is 12.5. The van der Waals surface area contributed by atoms with Crippen molar-refractivity contribution in [2.24, 2.45) is 11.1 Å². The van der Waals surface area contributed by atoms with Crippen molar-refractivity contribution in [3.63, 3.8) is 0 Å². The molecular weight excluding hydrogens is 384 g/mol. The zero-order valence-corrected chi connectivity index (χ0v) is 17.2. The summed E-state index contributed by atoms with van der Waals surface area (Å²) in [5, 5.41) is 8.23. The van der Waals surface area contributed by atoms with Gasteiger partial charge in [0.2, 0.25) is 15.9 Å². The highest BCUT2D eigenvalue weighted by molar-refractivity contribution is 7.89. The summed E-state index contributed by atoms with van der Waals surface area (Å²) in [6, 6.07) is 21.8. The Labute approximate surface area is 171 Å². The molecule has 3 aromatic carbocycles. The van der Waals surface area contributed by atoms with Crippen LogP contribution in [0, 0.1) is 12.8 Å². The van der Waals surface area contributed by atoms with Gasteiger partial charge in [-0.25, -0.2) is 13.6 Å². The van der Waals surface area contributed by atoms with Crippen molar-refractivity contribution in [1.82, 2.24) is 0 Å². The molecule has 0 radical (unpaired) electrons. The number of nitrogens with one attached hydrogen (secondary N) is 1. The second kappa shape index (κ2) is 8.59. The maximum absolute atomic E-state index is 12.5. The third kappa shape index (κ3) is 5.31. The number of hydrogen-bond donors (Lipinski definition) is 2. The number of hydrogen-bond acceptors (Lipinski definition) is 3. The lowest BCUT2D eigenvalue weighted by molar-refractivity contribution is -0.119. The van der Waals surface area contributed by atoms with E-state index >= 15 is 0 Å². The highest BCUT2D eigenvalue weighted by Crippen LogP contribution is 2.27. The SMILES string of the molecule is Cc1cccc(CC(C)C(=O)Nc2ccc(-c3ccccc3S(N)(=O)=O)cc2)c1. The average Bonchev–Trinajstić information content (AvgIpc) is 2.68. The maximum Gasteiger partial charge on any atom is 0.238 e. The third-order valence-electron chi connectivity index (χ3n) is 4.73. The monoisotopic (exact) mass is 408 g/mol. The number of carbonyl (C=O) groups is 1. The number of rotatable bonds is 6. The Morgan fingerprint density at radius 2 is 1.69 bits per heavy atom. The molecule has 6 heteroatoms. The molecule has 0 saturated heterocycles. The number of aryl methyl sites for hydroxylation is 1. The minimum atomic E-state index is -3.82. The molecule has 0 aliphatic heterocycles. The fourth-order valence-electron chi connectivity index (χ4n) is 3.24. The van der Waals surface area contributed by atoms with Crippen LogP contribution in [0.3, 0.4) is 0 Å². The minimum Gasteiger partial charge on any atom is -0.326 e. The average molecular weight is 409 g/mol. The van der Waals surface area contributed by atoms with Gasteiger partial charge < -0.3 is 5.32 Å². The van der Waals surface area contributed by atoms with E-state index in [1.165, 1.54) is 11.6 Å². The highest BCUT2D eigenvalue weighted by atomic mass is 32.2. The van der Waals surface area contributed by atoms with Gasteiger partial charge in [0.15, 0.2) is 0 Å². The van der Waals surface area contributed by atoms with E-state index < -0.39 is 10.0 Å². The van der Waals surface area contributed by atoms with Gasteiger partial charge in [0, 0.05) is 17.2 Å². The van der Waals surface area contributed by atoms with Gasteiger partial charge in [0.05, 0.1) is 4.90 Å². The predicted octanol–water partition coefficient (Wildman–Crippen LogP) is 4.13. The van der Waals surface area contributed by atoms with Crippen LogP contribution in [-0.4, -0.2) is 14.3 Å². The Morgan fingerprint density at radius 1 is 1.00 bits per heavy atom. The van der Waals surface area contributed by atoms with Gasteiger partial charge in [0.1, 0.15) is 0 Å². The molecule has 0 aromatic heterocycles. The Morgan fingerprint density at radius 3 is 2.34 bits per heavy atom. The molecule has 0 saturated carbocycles. The molecule has 0 aliphatic rings. The molecule has 0 aliphatic carbocycles. The number of amides is 1. The summed E-state index contributed by atoms with van der Waals surface area (Å²) in [6.45, 7) is 3.93. The molecule has 1 amide bonds. The van der Waals surface area contributed by atoms with E-state index in [2.05, 4.69) is 11.4 Å². The van der Waals surface area contributed by atoms with Crippen molar-refractivity contribution < 1.29 is 13.2 Å². The van der Waals surface area contributed by atoms with Crippen molar-refractivity contribution in [3.05, 3.63) is 83.9 Å². The van der Waals surface area contributed by atoms with Crippen LogP contribution >= 0.6 is 0 Å². The van der Waals surface area contributed by atoms with Crippen molar-refractivity contribution in [2.75, 3.05) is 5.32 Å². The first-order valence-electron chi connectivity index (χ1n) is 9.33. The molecule has 3 rings (SSSR count). The van der Waals surface area contributed by atoms with Crippen LogP contribution < -0.4 is 10.5 Å². The molecule has 1 atom stereocenters. The Kier molecular flexibility index (Phi) is 6.15. The lowest BCUT2D eigenvalue weighted by Gasteiger charge is -2.13. The largest absolute Gasteiger partial charge is 0.326 e. The summed E-state index contributed by atoms with van der Waals surface area (Å²) in [5.41, 5.74) is 4.19. The molecule has 0 bridgehead atoms. The van der Waals surface area contributed by atoms with Gasteiger partial charge in [-0.05, 0) is 42.7 Å². The normalized spacial score (nSPS) is 12.4. The molecule has 5 nitrogen and oxygen atoms in total. The van der Waals surface area contributed by atoms with Crippen molar-refractivity contribution in [3.8, 4) is 11.1 Å². The first kappa shape index (κ1) is 20.8. The van der Waals surface area contributed by atoms with Crippen LogP contribution in [0.4, 0.5) is 5.69 Å². The van der Waals surface area contributed by atoms with Gasteiger partial charge in [-0.1, -0.05) is 67.1 Å². The van der Waals surface area contributed by atoms with E-state index in [0.29, 0.717) is 23.2 Å². The summed E-state index contributed by atoms with van der Waals surface area (Å²) in [6.07, 6.45) is 0.660. The van der Waals surface area contributed by atoms with Gasteiger partial charge in [-0.3, -0.25) is 4.79 Å². The molecule has 29 heavy (non-hydrogen) atoms. The fraction of sp³-hybridized carbons (Fsp3) is 0.174. The van der Waals surface area contributed by atoms with Crippen LogP contribution in [-0.2, 0) is 21.2 Å². The molecule has 3 aromatic rings. The summed E-state index contributed by atoms with van der Waals surface area (Å²) < 4.78 is 23.6. The molecule has 0 fully saturated rings. The van der Waals surface area contributed by atoms with Crippen LogP contribution in [0.5, 0.6) is 0 Å². The molecule has 0 spiro atoms. The first-order chi connectivity index (χ1) is 13.7. The number of primary sulfonamides is 1. The fourth-order valence-corrected chi connectivity index (χ4v) is 4.00. The molecule has 3 N–H and O–H groups in total. The lowest BCUT2D eigenvalue weighted by atomic mass is 9.99. The Bertz CT molecular complexity index is 1120. The molecule has 0 heterocycles. The summed E-state index contributed by atoms with van der Waals surface area (Å²) in [7, 11) is -3.82. The van der Waals surface area contributed by atoms with E-state index in [1.54, 1.807) is 42.5 Å². The molecular formula is C23H24N2O3S. The van der Waals surface area contributed by atoms with Gasteiger partial charge in [-0.15, -0.1) is 0 Å². The van der Waals surface area contributed by atoms with Crippen molar-refractivity contribution in [2.45, 2.75) is 25.2 Å². The molecule has 150 valence electrons. The van der Waals surface area contributed by atoms with E-state index in [0.717, 1.165) is 5.56 Å². The number of benzene rings is 3. The summed E-state index contributed by atoms with van der Waals surface area (Å²) in [5.74, 6) is -0.247. The number of anilines is 1. The Balaban J connectivity index is 1.72. The zero-order chi connectivity index (χ0) is 21.0. The Hall–Kier alpha value is -2.96. The van der Waals surface area contributed by atoms with Crippen LogP contribution in [0.15, 0.2) is 77.7 Å². The van der Waals surface area contributed by atoms with E-state index in [4.69, 9.17) is 5.14 Å². The molecule has 1 unspecified atom stereocenters. The predicted molar refractivity (Wildman–Crippen MR) is 116 cm³/mol. The van der Waals surface area contributed by atoms with E-state index in [9.17, 15) is 13.2 Å². The first-order valence-corrected chi connectivity index (χ1v) is 10.9. The second-order valence-corrected chi connectivity index (χ2v) is 8.73. The number of nitrogens with two attached hydrogens (primary N) is 1. The smallest absolute Gasteiger partial charge is 0.238 e. The van der Waals surface area contributed by atoms with Gasteiger partial charge in [-0.2, -0.15) is 0 Å². The third-order valence-corrected chi connectivity index (χ3v) is 5.70. The number of carbonyl (C=O) groups excluding carboxylic acids is 1. The topological polar surface area (TPSA) is 89.3 Å². The van der Waals surface area contributed by atoms with Gasteiger partial charge >= 0.3 is 0 Å².